The van der Waals surface area contributed by atoms with Crippen molar-refractivity contribution in [3.8, 4) is 11.5 Å². The van der Waals surface area contributed by atoms with Gasteiger partial charge in [0.1, 0.15) is 0 Å². The highest BCUT2D eigenvalue weighted by molar-refractivity contribution is 5.80. The normalized spacial score (nSPS) is 13.3. The average molecular weight is 459 g/mol. The second-order valence-electron chi connectivity index (χ2n) is 7.81. The summed E-state index contributed by atoms with van der Waals surface area (Å²) in [7, 11) is 1.35. The zero-order valence-corrected chi connectivity index (χ0v) is 17.9. The van der Waals surface area contributed by atoms with E-state index in [9.17, 15) is 23.2 Å². The summed E-state index contributed by atoms with van der Waals surface area (Å²) in [5.41, 5.74) is -0.0600. The molecule has 2 aromatic carbocycles. The molecule has 0 atom stereocenters. The fourth-order valence-electron chi connectivity index (χ4n) is 3.76. The van der Waals surface area contributed by atoms with Crippen molar-refractivity contribution >= 4 is 16.7 Å². The Kier molecular flexibility index (Phi) is 6.43. The van der Waals surface area contributed by atoms with Crippen LogP contribution in [0, 0.1) is 0 Å². The van der Waals surface area contributed by atoms with Gasteiger partial charge in [0, 0.05) is 19.0 Å². The Morgan fingerprint density at radius 1 is 1.15 bits per heavy atom. The molecule has 1 amide bonds. The van der Waals surface area contributed by atoms with E-state index < -0.39 is 12.2 Å². The van der Waals surface area contributed by atoms with Crippen LogP contribution < -0.4 is 20.6 Å². The molecule has 0 bridgehead atoms. The number of nitrogens with zero attached hydrogens (tertiary/aromatic N) is 2. The monoisotopic (exact) mass is 459 g/mol. The highest BCUT2D eigenvalue weighted by atomic mass is 19.3. The lowest BCUT2D eigenvalue weighted by Gasteiger charge is -2.23. The first-order chi connectivity index (χ1) is 15.9. The number of rotatable bonds is 9. The largest absolute Gasteiger partial charge is 0.493 e. The van der Waals surface area contributed by atoms with Crippen LogP contribution in [0.4, 0.5) is 8.78 Å². The summed E-state index contributed by atoms with van der Waals surface area (Å²) in [5, 5.41) is 3.13. The van der Waals surface area contributed by atoms with Gasteiger partial charge < -0.3 is 14.4 Å². The van der Waals surface area contributed by atoms with Crippen molar-refractivity contribution in [3.05, 3.63) is 68.7 Å². The summed E-state index contributed by atoms with van der Waals surface area (Å²) in [6, 6.07) is 11.1. The summed E-state index contributed by atoms with van der Waals surface area (Å²) in [6.07, 6.45) is 1.75. The van der Waals surface area contributed by atoms with Crippen molar-refractivity contribution in [1.82, 2.24) is 14.7 Å². The Bertz CT molecular complexity index is 1280. The number of aromatic nitrogens is 2. The first-order valence-electron chi connectivity index (χ1n) is 10.5. The maximum Gasteiger partial charge on any atom is 0.387 e. The van der Waals surface area contributed by atoms with Gasteiger partial charge in [0.05, 0.1) is 24.4 Å². The number of H-pyrrole nitrogens is 1. The molecule has 1 aliphatic carbocycles. The number of hydrogen-bond donors (Lipinski definition) is 1. The van der Waals surface area contributed by atoms with Crippen molar-refractivity contribution < 1.29 is 23.0 Å². The molecule has 10 heteroatoms. The predicted octanol–water partition coefficient (Wildman–Crippen LogP) is 2.88. The molecule has 174 valence electrons. The van der Waals surface area contributed by atoms with Crippen molar-refractivity contribution in [2.24, 2.45) is 0 Å². The lowest BCUT2D eigenvalue weighted by Crippen LogP contribution is -2.35. The molecule has 0 radical (unpaired) electrons. The number of carbonyl (C=O) groups is 1. The van der Waals surface area contributed by atoms with Crippen LogP contribution in [0.2, 0.25) is 0 Å². The van der Waals surface area contributed by atoms with E-state index in [1.54, 1.807) is 41.3 Å². The summed E-state index contributed by atoms with van der Waals surface area (Å²) < 4.78 is 35.8. The summed E-state index contributed by atoms with van der Waals surface area (Å²) in [4.78, 5) is 39.6. The van der Waals surface area contributed by atoms with Crippen LogP contribution in [0.15, 0.2) is 52.1 Å². The van der Waals surface area contributed by atoms with Crippen LogP contribution in [0.25, 0.3) is 10.8 Å². The Labute approximate surface area is 187 Å². The summed E-state index contributed by atoms with van der Waals surface area (Å²) >= 11 is 0. The number of aryl methyl sites for hydroxylation is 1. The third kappa shape index (κ3) is 5.05. The standard InChI is InChI=1S/C23H23F2N3O5/c1-32-19-12-14(6-9-18(19)33-23(24)25)13-27(15-7-8-15)20(29)10-11-28-22(31)17-5-3-2-4-16(17)21(30)26-28/h2-6,9,12,15,23H,7-8,10-11,13H2,1H3,(H,26,30). The number of amides is 1. The van der Waals surface area contributed by atoms with Crippen LogP contribution in [0.1, 0.15) is 24.8 Å². The zero-order valence-electron chi connectivity index (χ0n) is 17.9. The third-order valence-electron chi connectivity index (χ3n) is 5.54. The maximum atomic E-state index is 13.0. The van der Waals surface area contributed by atoms with Gasteiger partial charge in [-0.25, -0.2) is 4.68 Å². The molecule has 1 aliphatic rings. The molecule has 1 fully saturated rings. The predicted molar refractivity (Wildman–Crippen MR) is 117 cm³/mol. The van der Waals surface area contributed by atoms with Gasteiger partial charge >= 0.3 is 6.61 Å². The van der Waals surface area contributed by atoms with Gasteiger partial charge in [0.25, 0.3) is 11.1 Å². The second-order valence-corrected chi connectivity index (χ2v) is 7.81. The number of methoxy groups -OCH3 is 1. The molecule has 33 heavy (non-hydrogen) atoms. The van der Waals surface area contributed by atoms with E-state index in [-0.39, 0.29) is 48.5 Å². The number of alkyl halides is 2. The molecule has 1 heterocycles. The van der Waals surface area contributed by atoms with Gasteiger partial charge in [-0.2, -0.15) is 8.78 Å². The first-order valence-corrected chi connectivity index (χ1v) is 10.5. The molecule has 8 nitrogen and oxygen atoms in total. The minimum absolute atomic E-state index is 0.0222. The Balaban J connectivity index is 1.49. The zero-order chi connectivity index (χ0) is 23.5. The van der Waals surface area contributed by atoms with Crippen molar-refractivity contribution in [3.63, 3.8) is 0 Å². The number of benzene rings is 2. The smallest absolute Gasteiger partial charge is 0.387 e. The van der Waals surface area contributed by atoms with Crippen LogP contribution in [-0.4, -0.2) is 40.4 Å². The van der Waals surface area contributed by atoms with Crippen molar-refractivity contribution in [2.75, 3.05) is 7.11 Å². The van der Waals surface area contributed by atoms with E-state index in [4.69, 9.17) is 4.74 Å². The lowest BCUT2D eigenvalue weighted by molar-refractivity contribution is -0.132. The number of aromatic amines is 1. The highest BCUT2D eigenvalue weighted by Gasteiger charge is 2.32. The molecule has 1 N–H and O–H groups in total. The minimum atomic E-state index is -2.97. The first kappa shape index (κ1) is 22.5. The Morgan fingerprint density at radius 3 is 2.55 bits per heavy atom. The molecule has 0 aliphatic heterocycles. The molecule has 0 spiro atoms. The van der Waals surface area contributed by atoms with Gasteiger partial charge in [0.15, 0.2) is 11.5 Å². The Morgan fingerprint density at radius 2 is 1.88 bits per heavy atom. The van der Waals surface area contributed by atoms with Gasteiger partial charge in [-0.05, 0) is 42.7 Å². The fourth-order valence-corrected chi connectivity index (χ4v) is 3.76. The van der Waals surface area contributed by atoms with Gasteiger partial charge in [0.2, 0.25) is 5.91 Å². The number of hydrogen-bond acceptors (Lipinski definition) is 5. The molecule has 0 unspecified atom stereocenters. The van der Waals surface area contributed by atoms with Crippen LogP contribution >= 0.6 is 0 Å². The number of nitrogens with one attached hydrogen (secondary N) is 1. The van der Waals surface area contributed by atoms with E-state index in [2.05, 4.69) is 9.84 Å². The van der Waals surface area contributed by atoms with Crippen LogP contribution in [-0.2, 0) is 17.9 Å². The topological polar surface area (TPSA) is 93.6 Å². The van der Waals surface area contributed by atoms with E-state index in [1.807, 2.05) is 0 Å². The van der Waals surface area contributed by atoms with Gasteiger partial charge in [-0.1, -0.05) is 18.2 Å². The van der Waals surface area contributed by atoms with E-state index >= 15 is 0 Å². The molecule has 3 aromatic rings. The molecule has 1 aromatic heterocycles. The van der Waals surface area contributed by atoms with Crippen LogP contribution in [0.3, 0.4) is 0 Å². The minimum Gasteiger partial charge on any atom is -0.493 e. The molecular formula is C23H23F2N3O5. The number of halogens is 2. The fraction of sp³-hybridized carbons (Fsp3) is 0.348. The molecular weight excluding hydrogens is 436 g/mol. The second kappa shape index (κ2) is 9.43. The van der Waals surface area contributed by atoms with Crippen molar-refractivity contribution in [2.45, 2.75) is 45.0 Å². The third-order valence-corrected chi connectivity index (χ3v) is 5.54. The van der Waals surface area contributed by atoms with E-state index in [0.29, 0.717) is 16.3 Å². The SMILES string of the molecule is COc1cc(CN(C(=O)CCn2[nH]c(=O)c3ccccc3c2=O)C2CC2)ccc1OC(F)F. The molecule has 1 saturated carbocycles. The summed E-state index contributed by atoms with van der Waals surface area (Å²) in [6.45, 7) is -2.68. The quantitative estimate of drug-likeness (QED) is 0.531. The van der Waals surface area contributed by atoms with Crippen LogP contribution in [0.5, 0.6) is 11.5 Å². The Hall–Kier alpha value is -3.69. The number of fused-ring (bicyclic) bond motifs is 1. The number of ether oxygens (including phenoxy) is 2. The molecule has 4 rings (SSSR count). The average Bonchev–Trinajstić information content (AvgIpc) is 3.64. The van der Waals surface area contributed by atoms with Gasteiger partial charge in [-0.15, -0.1) is 0 Å². The maximum absolute atomic E-state index is 13.0. The van der Waals surface area contributed by atoms with Gasteiger partial charge in [-0.3, -0.25) is 19.5 Å². The van der Waals surface area contributed by atoms with E-state index in [0.717, 1.165) is 17.5 Å². The number of carbonyl (C=O) groups excluding carboxylic acids is 1. The lowest BCUT2D eigenvalue weighted by atomic mass is 10.1. The molecule has 0 saturated heterocycles. The van der Waals surface area contributed by atoms with E-state index in [1.165, 1.54) is 13.2 Å². The summed E-state index contributed by atoms with van der Waals surface area (Å²) in [5.74, 6) is -0.109. The van der Waals surface area contributed by atoms with Crippen molar-refractivity contribution in [1.29, 1.82) is 0 Å². The highest BCUT2D eigenvalue weighted by Crippen LogP contribution is 2.33.